The number of rotatable bonds is 4. The van der Waals surface area contributed by atoms with Crippen LogP contribution in [0.2, 0.25) is 0 Å². The van der Waals surface area contributed by atoms with E-state index in [4.69, 9.17) is 19.4 Å². The fourth-order valence-electron chi connectivity index (χ4n) is 12.9. The third-order valence-electron chi connectivity index (χ3n) is 15.8. The number of para-hydroxylation sites is 8. The van der Waals surface area contributed by atoms with Crippen molar-refractivity contribution in [3.05, 3.63) is 231 Å². The molecule has 0 spiro atoms. The Morgan fingerprint density at radius 3 is 1.07 bits per heavy atom. The van der Waals surface area contributed by atoms with Gasteiger partial charge in [-0.2, -0.15) is 4.98 Å². The first-order valence-electron chi connectivity index (χ1n) is 25.2. The van der Waals surface area contributed by atoms with Crippen LogP contribution in [0.3, 0.4) is 0 Å². The molecule has 17 rings (SSSR count). The normalized spacial score (nSPS) is 13.5. The first-order valence-corrected chi connectivity index (χ1v) is 25.2. The Kier molecular flexibility index (Phi) is 8.02. The summed E-state index contributed by atoms with van der Waals surface area (Å²) in [4.78, 5) is 16.1. The molecule has 0 N–H and O–H groups in total. The molecule has 4 aliphatic heterocycles. The Labute approximate surface area is 425 Å². The smallest absolute Gasteiger partial charge is 0.281 e. The lowest BCUT2D eigenvalue weighted by molar-refractivity contribution is 0.428. The van der Waals surface area contributed by atoms with Crippen molar-refractivity contribution in [3.63, 3.8) is 0 Å². The molecule has 0 saturated heterocycles. The summed E-state index contributed by atoms with van der Waals surface area (Å²) >= 11 is 0. The second-order valence-corrected chi connectivity index (χ2v) is 19.6. The van der Waals surface area contributed by atoms with E-state index in [1.165, 1.54) is 21.5 Å². The highest BCUT2D eigenvalue weighted by Gasteiger charge is 2.49. The molecule has 0 aliphatic carbocycles. The van der Waals surface area contributed by atoms with E-state index in [1.54, 1.807) is 0 Å². The van der Waals surface area contributed by atoms with Crippen LogP contribution in [-0.2, 0) is 0 Å². The number of aromatic nitrogens is 4. The minimum Gasteiger partial charge on any atom is -0.438 e. The van der Waals surface area contributed by atoms with Gasteiger partial charge in [-0.05, 0) is 94.6 Å². The van der Waals surface area contributed by atoms with Crippen LogP contribution >= 0.6 is 0 Å². The summed E-state index contributed by atoms with van der Waals surface area (Å²) in [7, 11) is 0. The minimum absolute atomic E-state index is 0.303. The van der Waals surface area contributed by atoms with Crippen LogP contribution in [0.4, 0.5) is 34.1 Å². The van der Waals surface area contributed by atoms with E-state index in [9.17, 15) is 0 Å². The molecule has 3 aromatic heterocycles. The van der Waals surface area contributed by atoms with Crippen LogP contribution in [0, 0.1) is 0 Å². The Morgan fingerprint density at radius 1 is 0.311 bits per heavy atom. The second-order valence-electron chi connectivity index (χ2n) is 19.6. The largest absolute Gasteiger partial charge is 0.438 e. The van der Waals surface area contributed by atoms with Gasteiger partial charge >= 0.3 is 0 Å². The third-order valence-corrected chi connectivity index (χ3v) is 15.8. The van der Waals surface area contributed by atoms with Crippen molar-refractivity contribution in [3.8, 4) is 34.6 Å². The molecule has 10 heteroatoms. The molecule has 0 saturated carbocycles. The maximum Gasteiger partial charge on any atom is 0.281 e. The first kappa shape index (κ1) is 39.9. The van der Waals surface area contributed by atoms with Crippen LogP contribution in [0.5, 0.6) is 23.3 Å². The molecule has 0 fully saturated rings. The molecule has 4 aliphatic rings. The van der Waals surface area contributed by atoms with Gasteiger partial charge in [0.1, 0.15) is 11.5 Å². The zero-order valence-electron chi connectivity index (χ0n) is 39.6. The molecule has 8 nitrogen and oxygen atoms in total. The van der Waals surface area contributed by atoms with E-state index in [2.05, 4.69) is 249 Å². The Bertz CT molecular complexity index is 4160. The summed E-state index contributed by atoms with van der Waals surface area (Å²) in [5.41, 5.74) is 18.7. The average Bonchev–Trinajstić information content (AvgIpc) is 4.01. The molecule has 0 radical (unpaired) electrons. The molecule has 10 aromatic carbocycles. The predicted molar refractivity (Wildman–Crippen MR) is 302 cm³/mol. The Balaban J connectivity index is 0.921. The van der Waals surface area contributed by atoms with Crippen molar-refractivity contribution in [2.24, 2.45) is 0 Å². The lowest BCUT2D eigenvalue weighted by atomic mass is 9.34. The first-order chi connectivity index (χ1) is 36.7. The van der Waals surface area contributed by atoms with Gasteiger partial charge in [-0.15, -0.1) is 0 Å². The minimum atomic E-state index is -0.303. The lowest BCUT2D eigenvalue weighted by Crippen LogP contribution is -2.65. The quantitative estimate of drug-likeness (QED) is 0.164. The van der Waals surface area contributed by atoms with Gasteiger partial charge in [0, 0.05) is 67.8 Å². The van der Waals surface area contributed by atoms with E-state index >= 15 is 0 Å². The van der Waals surface area contributed by atoms with Gasteiger partial charge in [0.2, 0.25) is 11.8 Å². The van der Waals surface area contributed by atoms with Crippen molar-refractivity contribution < 1.29 is 9.47 Å². The maximum atomic E-state index is 7.26. The van der Waals surface area contributed by atoms with Crippen molar-refractivity contribution >= 4 is 124 Å². The van der Waals surface area contributed by atoms with Crippen LogP contribution in [-0.4, -0.2) is 32.5 Å². The van der Waals surface area contributed by atoms with E-state index < -0.39 is 0 Å². The molecule has 0 bridgehead atoms. The molecule has 74 heavy (non-hydrogen) atoms. The van der Waals surface area contributed by atoms with E-state index in [0.717, 1.165) is 112 Å². The zero-order chi connectivity index (χ0) is 48.2. The fraction of sp³-hybridized carbons (Fsp3) is 0. The van der Waals surface area contributed by atoms with Crippen LogP contribution in [0.1, 0.15) is 0 Å². The van der Waals surface area contributed by atoms with Crippen molar-refractivity contribution in [1.82, 2.24) is 19.1 Å². The summed E-state index contributed by atoms with van der Waals surface area (Å²) < 4.78 is 19.3. The molecule has 13 aromatic rings. The summed E-state index contributed by atoms with van der Waals surface area (Å²) in [6.45, 7) is -0.605. The molecular formula is C64H38B2N6O2. The van der Waals surface area contributed by atoms with E-state index in [1.807, 2.05) is 0 Å². The number of ether oxygens (including phenoxy) is 2. The summed E-state index contributed by atoms with van der Waals surface area (Å²) in [5.74, 6) is 2.34. The monoisotopic (exact) mass is 944 g/mol. The van der Waals surface area contributed by atoms with Gasteiger partial charge in [0.05, 0.1) is 44.6 Å². The topological polar surface area (TPSA) is 60.6 Å². The number of benzene rings is 10. The number of nitrogens with zero attached hydrogens (tertiary/aromatic N) is 6. The van der Waals surface area contributed by atoms with Crippen LogP contribution in [0.25, 0.3) is 55.0 Å². The van der Waals surface area contributed by atoms with Crippen LogP contribution in [0.15, 0.2) is 231 Å². The molecule has 0 atom stereocenters. The number of anilines is 6. The summed E-state index contributed by atoms with van der Waals surface area (Å²) in [5, 5.41) is 4.78. The third kappa shape index (κ3) is 5.38. The molecule has 0 amide bonds. The predicted octanol–water partition coefficient (Wildman–Crippen LogP) is 11.5. The van der Waals surface area contributed by atoms with Gasteiger partial charge in [0.15, 0.2) is 0 Å². The van der Waals surface area contributed by atoms with Gasteiger partial charge in [0.25, 0.3) is 13.4 Å². The highest BCUT2D eigenvalue weighted by molar-refractivity contribution is 7.01. The Morgan fingerprint density at radius 2 is 0.662 bits per heavy atom. The van der Waals surface area contributed by atoms with Gasteiger partial charge in [-0.1, -0.05) is 146 Å². The second kappa shape index (κ2) is 14.9. The van der Waals surface area contributed by atoms with Crippen molar-refractivity contribution in [1.29, 1.82) is 0 Å². The molecule has 0 unspecified atom stereocenters. The van der Waals surface area contributed by atoms with E-state index in [-0.39, 0.29) is 13.4 Å². The van der Waals surface area contributed by atoms with Crippen molar-refractivity contribution in [2.75, 3.05) is 9.80 Å². The highest BCUT2D eigenvalue weighted by Crippen LogP contribution is 2.46. The molecular weight excluding hydrogens is 906 g/mol. The maximum absolute atomic E-state index is 7.26. The Hall–Kier alpha value is -9.79. The number of fused-ring (bicyclic) bond motifs is 14. The highest BCUT2D eigenvalue weighted by atomic mass is 16.5. The zero-order valence-corrected chi connectivity index (χ0v) is 39.6. The average molecular weight is 945 g/mol. The summed E-state index contributed by atoms with van der Waals surface area (Å²) in [6, 6.07) is 82.4. The molecule has 342 valence electrons. The standard InChI is InChI=1S/C64H38B2N6O2/c1-3-19-39(20-4-1)69-53-33-17-11-27-47(53)65-59-55(69)35-41(71-49-29-13-7-23-43(49)44-24-8-14-30-50(44)71)37-57(59)73-63-61(65)67-62-64(68-63)74-58-38-42(72-51-31-15-9-25-45(51)46-26-10-16-32-52(46)72)36-56-60(58)66(62)48-28-12-18-34-54(48)70(56)40-21-5-2-6-22-40/h1-38H. The number of hydrogen-bond donors (Lipinski definition) is 0. The lowest BCUT2D eigenvalue weighted by Gasteiger charge is -2.41. The van der Waals surface area contributed by atoms with Crippen LogP contribution < -0.4 is 52.3 Å². The van der Waals surface area contributed by atoms with Gasteiger partial charge < -0.3 is 28.4 Å². The van der Waals surface area contributed by atoms with Gasteiger partial charge in [-0.3, -0.25) is 4.98 Å². The van der Waals surface area contributed by atoms with Crippen molar-refractivity contribution in [2.45, 2.75) is 0 Å². The van der Waals surface area contributed by atoms with Gasteiger partial charge in [-0.25, -0.2) is 0 Å². The number of hydrogen-bond acceptors (Lipinski definition) is 6. The SMILES string of the molecule is c1ccc(N2c3ccccc3B3c4nc5c(nc4Oc4cc(-n6c7ccccc7c7ccccc76)cc2c43)Oc2cc(-n3c4ccccc4c4ccccc43)cc3c2B5c2ccccc2N3c2ccccc2)cc1. The molecule has 7 heterocycles. The van der Waals surface area contributed by atoms with E-state index in [0.29, 0.717) is 11.8 Å². The fourth-order valence-corrected chi connectivity index (χ4v) is 12.9. The summed E-state index contributed by atoms with van der Waals surface area (Å²) in [6.07, 6.45) is 0.